The molecule has 0 spiro atoms. The molecule has 3 heteroatoms. The van der Waals surface area contributed by atoms with E-state index < -0.39 is 6.10 Å². The summed E-state index contributed by atoms with van der Waals surface area (Å²) in [6.45, 7) is 4.06. The number of aryl methyl sites for hydroxylation is 1. The molecule has 3 nitrogen and oxygen atoms in total. The molecular formula is C18H22O3. The molecule has 1 N–H and O–H groups in total. The van der Waals surface area contributed by atoms with Crippen LogP contribution in [-0.2, 0) is 6.42 Å². The van der Waals surface area contributed by atoms with E-state index in [9.17, 15) is 5.11 Å². The van der Waals surface area contributed by atoms with E-state index in [4.69, 9.17) is 9.47 Å². The minimum Gasteiger partial charge on any atom is -0.493 e. The lowest BCUT2D eigenvalue weighted by Gasteiger charge is -2.13. The summed E-state index contributed by atoms with van der Waals surface area (Å²) >= 11 is 0. The van der Waals surface area contributed by atoms with Crippen molar-refractivity contribution in [2.45, 2.75) is 32.8 Å². The Morgan fingerprint density at radius 3 is 2.29 bits per heavy atom. The van der Waals surface area contributed by atoms with Gasteiger partial charge in [-0.25, -0.2) is 0 Å². The zero-order valence-corrected chi connectivity index (χ0v) is 12.8. The molecule has 0 fully saturated rings. The van der Waals surface area contributed by atoms with E-state index in [-0.39, 0.29) is 0 Å². The molecule has 21 heavy (non-hydrogen) atoms. The van der Waals surface area contributed by atoms with Gasteiger partial charge >= 0.3 is 0 Å². The largest absolute Gasteiger partial charge is 0.493 e. The average molecular weight is 286 g/mol. The van der Waals surface area contributed by atoms with Crippen LogP contribution in [0.4, 0.5) is 0 Å². The number of aliphatic hydroxyl groups is 1. The lowest BCUT2D eigenvalue weighted by Crippen LogP contribution is -1.95. The van der Waals surface area contributed by atoms with Crippen LogP contribution in [0.15, 0.2) is 42.5 Å². The summed E-state index contributed by atoms with van der Waals surface area (Å²) in [7, 11) is 1.64. The highest BCUT2D eigenvalue weighted by Crippen LogP contribution is 2.33. The number of methoxy groups -OCH3 is 1. The second kappa shape index (κ2) is 7.14. The van der Waals surface area contributed by atoms with Crippen molar-refractivity contribution >= 4 is 0 Å². The van der Waals surface area contributed by atoms with E-state index in [1.807, 2.05) is 49.4 Å². The van der Waals surface area contributed by atoms with Crippen molar-refractivity contribution < 1.29 is 14.6 Å². The summed E-state index contributed by atoms with van der Waals surface area (Å²) < 4.78 is 11.2. The zero-order valence-electron chi connectivity index (χ0n) is 12.8. The molecule has 0 aliphatic rings. The molecule has 0 bridgehead atoms. The van der Waals surface area contributed by atoms with Crippen LogP contribution in [0, 0.1) is 0 Å². The first-order valence-electron chi connectivity index (χ1n) is 7.30. The minimum atomic E-state index is -0.419. The zero-order chi connectivity index (χ0) is 15.2. The van der Waals surface area contributed by atoms with E-state index >= 15 is 0 Å². The van der Waals surface area contributed by atoms with Crippen molar-refractivity contribution in [2.24, 2.45) is 0 Å². The quantitative estimate of drug-likeness (QED) is 0.850. The number of benzene rings is 2. The van der Waals surface area contributed by atoms with Gasteiger partial charge < -0.3 is 14.6 Å². The first-order chi connectivity index (χ1) is 10.2. The van der Waals surface area contributed by atoms with Gasteiger partial charge in [-0.2, -0.15) is 0 Å². The molecule has 0 radical (unpaired) electrons. The van der Waals surface area contributed by atoms with Gasteiger partial charge in [0.2, 0.25) is 0 Å². The smallest absolute Gasteiger partial charge is 0.169 e. The highest BCUT2D eigenvalue weighted by molar-refractivity contribution is 5.45. The van der Waals surface area contributed by atoms with Gasteiger partial charge in [-0.1, -0.05) is 32.0 Å². The summed E-state index contributed by atoms with van der Waals surface area (Å²) in [6, 6.07) is 13.4. The number of hydrogen-bond acceptors (Lipinski definition) is 3. The number of aliphatic hydroxyl groups excluding tert-OH is 1. The Labute approximate surface area is 126 Å². The normalized spacial score (nSPS) is 12.0. The molecule has 0 amide bonds. The molecule has 0 aliphatic carbocycles. The van der Waals surface area contributed by atoms with Crippen molar-refractivity contribution in [3.05, 3.63) is 53.6 Å². The summed E-state index contributed by atoms with van der Waals surface area (Å²) in [5, 5.41) is 9.79. The molecule has 0 aromatic heterocycles. The summed E-state index contributed by atoms with van der Waals surface area (Å²) in [6.07, 6.45) is 1.24. The van der Waals surface area contributed by atoms with Crippen molar-refractivity contribution in [2.75, 3.05) is 7.11 Å². The molecule has 2 aromatic rings. The Hall–Kier alpha value is -2.00. The molecule has 1 unspecified atom stereocenters. The summed E-state index contributed by atoms with van der Waals surface area (Å²) in [5.41, 5.74) is 2.11. The van der Waals surface area contributed by atoms with Crippen LogP contribution in [0.5, 0.6) is 17.2 Å². The Balaban J connectivity index is 2.18. The summed E-state index contributed by atoms with van der Waals surface area (Å²) in [4.78, 5) is 0. The third-order valence-corrected chi connectivity index (χ3v) is 3.52. The monoisotopic (exact) mass is 286 g/mol. The van der Waals surface area contributed by atoms with Gasteiger partial charge in [-0.05, 0) is 48.2 Å². The Bertz CT molecular complexity index is 576. The minimum absolute atomic E-state index is 0.419. The average Bonchev–Trinajstić information content (AvgIpc) is 2.55. The van der Waals surface area contributed by atoms with Crippen LogP contribution < -0.4 is 9.47 Å². The number of ether oxygens (including phenoxy) is 2. The molecule has 0 heterocycles. The molecule has 0 saturated carbocycles. The third kappa shape index (κ3) is 3.76. The maximum Gasteiger partial charge on any atom is 0.169 e. The van der Waals surface area contributed by atoms with Crippen molar-refractivity contribution in [1.29, 1.82) is 0 Å². The van der Waals surface area contributed by atoms with Crippen LogP contribution >= 0.6 is 0 Å². The van der Waals surface area contributed by atoms with Crippen LogP contribution in [0.3, 0.4) is 0 Å². The van der Waals surface area contributed by atoms with E-state index in [0.717, 1.165) is 23.5 Å². The highest BCUT2D eigenvalue weighted by atomic mass is 16.5. The van der Waals surface area contributed by atoms with E-state index in [1.165, 1.54) is 5.56 Å². The van der Waals surface area contributed by atoms with Crippen LogP contribution in [0.1, 0.15) is 37.5 Å². The fourth-order valence-electron chi connectivity index (χ4n) is 2.14. The van der Waals surface area contributed by atoms with Gasteiger partial charge in [0, 0.05) is 0 Å². The first kappa shape index (κ1) is 15.4. The topological polar surface area (TPSA) is 38.7 Å². The van der Waals surface area contributed by atoms with Gasteiger partial charge in [0.25, 0.3) is 0 Å². The van der Waals surface area contributed by atoms with E-state index in [2.05, 4.69) is 6.92 Å². The SMILES string of the molecule is CCc1ccc(Oc2ccc(C(O)CC)cc2)c(OC)c1. The van der Waals surface area contributed by atoms with Crippen LogP contribution in [-0.4, -0.2) is 12.2 Å². The highest BCUT2D eigenvalue weighted by Gasteiger charge is 2.08. The maximum atomic E-state index is 9.79. The maximum absolute atomic E-state index is 9.79. The second-order valence-electron chi connectivity index (χ2n) is 4.93. The van der Waals surface area contributed by atoms with E-state index in [1.54, 1.807) is 7.11 Å². The predicted octanol–water partition coefficient (Wildman–Crippen LogP) is 4.49. The number of hydrogen-bond donors (Lipinski definition) is 1. The molecule has 1 atom stereocenters. The van der Waals surface area contributed by atoms with E-state index in [0.29, 0.717) is 12.2 Å². The fourth-order valence-corrected chi connectivity index (χ4v) is 2.14. The molecular weight excluding hydrogens is 264 g/mol. The molecule has 0 aliphatic heterocycles. The Morgan fingerprint density at radius 2 is 1.71 bits per heavy atom. The van der Waals surface area contributed by atoms with Crippen molar-refractivity contribution in [1.82, 2.24) is 0 Å². The van der Waals surface area contributed by atoms with Crippen LogP contribution in [0.25, 0.3) is 0 Å². The van der Waals surface area contributed by atoms with Gasteiger partial charge in [0.15, 0.2) is 11.5 Å². The second-order valence-corrected chi connectivity index (χ2v) is 4.93. The predicted molar refractivity (Wildman–Crippen MR) is 84.1 cm³/mol. The lowest BCUT2D eigenvalue weighted by atomic mass is 10.1. The fraction of sp³-hybridized carbons (Fsp3) is 0.333. The van der Waals surface area contributed by atoms with Gasteiger partial charge in [-0.15, -0.1) is 0 Å². The Kier molecular flexibility index (Phi) is 5.23. The lowest BCUT2D eigenvalue weighted by molar-refractivity contribution is 0.173. The molecule has 0 saturated heterocycles. The van der Waals surface area contributed by atoms with Gasteiger partial charge in [0.05, 0.1) is 13.2 Å². The molecule has 2 rings (SSSR count). The Morgan fingerprint density at radius 1 is 1.00 bits per heavy atom. The number of rotatable bonds is 6. The van der Waals surface area contributed by atoms with Crippen LogP contribution in [0.2, 0.25) is 0 Å². The molecule has 2 aromatic carbocycles. The standard InChI is InChI=1S/C18H22O3/c1-4-13-6-11-17(18(12-13)20-3)21-15-9-7-14(8-10-15)16(19)5-2/h6-12,16,19H,4-5H2,1-3H3. The molecule has 112 valence electrons. The van der Waals surface area contributed by atoms with Crippen molar-refractivity contribution in [3.8, 4) is 17.2 Å². The van der Waals surface area contributed by atoms with Gasteiger partial charge in [-0.3, -0.25) is 0 Å². The summed E-state index contributed by atoms with van der Waals surface area (Å²) in [5.74, 6) is 2.15. The van der Waals surface area contributed by atoms with Crippen molar-refractivity contribution in [3.63, 3.8) is 0 Å². The van der Waals surface area contributed by atoms with Gasteiger partial charge in [0.1, 0.15) is 5.75 Å². The first-order valence-corrected chi connectivity index (χ1v) is 7.30. The third-order valence-electron chi connectivity index (χ3n) is 3.52.